The summed E-state index contributed by atoms with van der Waals surface area (Å²) in [6, 6.07) is 0.434. The zero-order valence-electron chi connectivity index (χ0n) is 31.6. The zero-order chi connectivity index (χ0) is 34.6. The molecule has 0 spiro atoms. The molecule has 1 saturated carbocycles. The first-order chi connectivity index (χ1) is 21.5. The van der Waals surface area contributed by atoms with E-state index >= 15 is 0 Å². The Morgan fingerprint density at radius 1 is 0.761 bits per heavy atom. The van der Waals surface area contributed by atoms with Crippen molar-refractivity contribution in [1.82, 2.24) is 4.67 Å². The average molecular weight is 728 g/mol. The summed E-state index contributed by atoms with van der Waals surface area (Å²) < 4.78 is 61.2. The van der Waals surface area contributed by atoms with Gasteiger partial charge in [-0.15, -0.1) is 0 Å². The Labute approximate surface area is 286 Å². The summed E-state index contributed by atoms with van der Waals surface area (Å²) in [6.07, 6.45) is 12.7. The third-order valence-electron chi connectivity index (χ3n) is 8.13. The highest BCUT2D eigenvalue weighted by Gasteiger charge is 2.59. The van der Waals surface area contributed by atoms with Crippen LogP contribution in [0.3, 0.4) is 0 Å². The van der Waals surface area contributed by atoms with Gasteiger partial charge >= 0.3 is 9.05 Å². The largest absolute Gasteiger partial charge is 0.658 e. The predicted molar refractivity (Wildman–Crippen MR) is 193 cm³/mol. The molecule has 10 nitrogen and oxygen atoms in total. The Kier molecular flexibility index (Phi) is 18.5. The van der Waals surface area contributed by atoms with Crippen LogP contribution in [0.1, 0.15) is 105 Å². The van der Waals surface area contributed by atoms with Crippen LogP contribution in [0.4, 0.5) is 0 Å². The van der Waals surface area contributed by atoms with Gasteiger partial charge in [0, 0.05) is 39.8 Å². The second kappa shape index (κ2) is 19.9. The van der Waals surface area contributed by atoms with E-state index in [9.17, 15) is 0 Å². The van der Waals surface area contributed by atoms with Crippen LogP contribution in [0.2, 0.25) is 39.3 Å². The highest BCUT2D eigenvalue weighted by molar-refractivity contribution is 7.44. The lowest BCUT2D eigenvalue weighted by molar-refractivity contribution is -0.288. The van der Waals surface area contributed by atoms with E-state index in [4.69, 9.17) is 40.3 Å². The zero-order valence-corrected chi connectivity index (χ0v) is 35.5. The molecule has 0 bridgehead atoms. The van der Waals surface area contributed by atoms with Gasteiger partial charge in [0.1, 0.15) is 6.10 Å². The summed E-state index contributed by atoms with van der Waals surface area (Å²) >= 11 is 0. The third-order valence-corrected chi connectivity index (χ3v) is 18.2. The summed E-state index contributed by atoms with van der Waals surface area (Å²) in [7, 11) is -4.58. The highest BCUT2D eigenvalue weighted by Crippen LogP contribution is 2.50. The van der Waals surface area contributed by atoms with Crippen molar-refractivity contribution in [2.75, 3.05) is 27.9 Å². The van der Waals surface area contributed by atoms with E-state index in [0.29, 0.717) is 6.42 Å². The van der Waals surface area contributed by atoms with Crippen LogP contribution in [0.25, 0.3) is 0 Å². The minimum absolute atomic E-state index is 0.00697. The molecule has 0 amide bonds. The molecule has 0 N–H and O–H groups in total. The fourth-order valence-corrected chi connectivity index (χ4v) is 16.2. The van der Waals surface area contributed by atoms with Gasteiger partial charge in [-0.3, -0.25) is 0 Å². The Bertz CT molecular complexity index is 813. The number of rotatable bonds is 17. The predicted octanol–water partition coefficient (Wildman–Crippen LogP) is 8.94. The van der Waals surface area contributed by atoms with Gasteiger partial charge in [0.25, 0.3) is 8.53 Å². The standard InChI is InChI=1S/C32H70NO9PSi3/c1-27(2)33(28(3)4)43(36-7)39-30-25-31(34-5)38-32(30,35-6)26-37-46(41-44(8,9)10,42-45(11,12)13)40-29-23-21-19-17-15-14-16-18-20-22-24-29/h27-31H,14-26H2,1-13H3/t30-,31+,32+,43?/m0/s1. The molecule has 0 aromatic rings. The smallest absolute Gasteiger partial charge is 0.395 e. The molecule has 46 heavy (non-hydrogen) atoms. The SMILES string of the molecule is CO[C@H]1C[C@H](OP(OC)N(C(C)C)C(C)C)[C@](CO[Si](OC2CCCCCCCCCCC2)(O[Si](C)(C)C)O[Si](C)(C)C)(OC)O1. The van der Waals surface area contributed by atoms with E-state index in [1.54, 1.807) is 21.3 Å². The van der Waals surface area contributed by atoms with E-state index in [0.717, 1.165) is 25.7 Å². The minimum Gasteiger partial charge on any atom is -0.395 e. The number of hydrogen-bond donors (Lipinski definition) is 0. The van der Waals surface area contributed by atoms with Gasteiger partial charge < -0.3 is 40.3 Å². The maximum Gasteiger partial charge on any atom is 0.658 e. The molecule has 0 radical (unpaired) electrons. The Morgan fingerprint density at radius 2 is 1.24 bits per heavy atom. The van der Waals surface area contributed by atoms with Crippen LogP contribution in [-0.2, 0) is 40.3 Å². The van der Waals surface area contributed by atoms with Crippen molar-refractivity contribution in [2.24, 2.45) is 0 Å². The van der Waals surface area contributed by atoms with Gasteiger partial charge in [-0.2, -0.15) is 0 Å². The Balaban J connectivity index is 2.46. The molecule has 1 unspecified atom stereocenters. The van der Waals surface area contributed by atoms with Gasteiger partial charge in [-0.25, -0.2) is 4.67 Å². The van der Waals surface area contributed by atoms with Crippen LogP contribution in [0.5, 0.6) is 0 Å². The Hall–Kier alpha value is 0.681. The molecule has 1 aliphatic heterocycles. The molecule has 1 aliphatic carbocycles. The molecule has 0 aromatic heterocycles. The normalized spacial score (nSPS) is 26.1. The quantitative estimate of drug-likeness (QED) is 0.107. The van der Waals surface area contributed by atoms with Crippen molar-refractivity contribution < 1.29 is 40.3 Å². The fourth-order valence-electron chi connectivity index (χ4n) is 6.16. The van der Waals surface area contributed by atoms with E-state index in [2.05, 4.69) is 71.6 Å². The first-order valence-corrected chi connectivity index (χ1v) is 27.3. The fraction of sp³-hybridized carbons (Fsp3) is 1.00. The maximum absolute atomic E-state index is 7.11. The highest BCUT2D eigenvalue weighted by atomic mass is 31.2. The van der Waals surface area contributed by atoms with E-state index < -0.39 is 52.4 Å². The molecular weight excluding hydrogens is 658 g/mol. The minimum atomic E-state index is -3.71. The molecule has 2 aliphatic rings. The van der Waals surface area contributed by atoms with Crippen molar-refractivity contribution in [2.45, 2.75) is 180 Å². The lowest BCUT2D eigenvalue weighted by Gasteiger charge is -2.42. The van der Waals surface area contributed by atoms with Gasteiger partial charge in [-0.1, -0.05) is 57.8 Å². The van der Waals surface area contributed by atoms with Crippen LogP contribution < -0.4 is 0 Å². The molecule has 1 saturated heterocycles. The number of ether oxygens (including phenoxy) is 3. The molecule has 4 atom stereocenters. The first-order valence-electron chi connectivity index (χ1n) is 17.8. The summed E-state index contributed by atoms with van der Waals surface area (Å²) in [4.78, 5) is 0. The maximum atomic E-state index is 7.11. The van der Waals surface area contributed by atoms with Crippen molar-refractivity contribution in [1.29, 1.82) is 0 Å². The van der Waals surface area contributed by atoms with Gasteiger partial charge in [-0.05, 0) is 79.8 Å². The number of hydrogen-bond acceptors (Lipinski definition) is 10. The van der Waals surface area contributed by atoms with Gasteiger partial charge in [0.05, 0.1) is 12.7 Å². The molecule has 2 rings (SSSR count). The molecule has 274 valence electrons. The van der Waals surface area contributed by atoms with Gasteiger partial charge in [0.2, 0.25) is 5.79 Å². The van der Waals surface area contributed by atoms with E-state index in [-0.39, 0.29) is 24.8 Å². The summed E-state index contributed by atoms with van der Waals surface area (Å²) in [5.41, 5.74) is 0. The van der Waals surface area contributed by atoms with Crippen LogP contribution in [-0.4, -0.2) is 94.7 Å². The summed E-state index contributed by atoms with van der Waals surface area (Å²) in [5.74, 6) is -1.28. The molecule has 0 aromatic carbocycles. The number of methoxy groups -OCH3 is 2. The molecule has 14 heteroatoms. The third kappa shape index (κ3) is 14.5. The summed E-state index contributed by atoms with van der Waals surface area (Å²) in [6.45, 7) is 21.6. The second-order valence-corrected chi connectivity index (χ2v) is 28.5. The topological polar surface area (TPSA) is 86.3 Å². The van der Waals surface area contributed by atoms with Crippen molar-refractivity contribution in [3.05, 3.63) is 0 Å². The van der Waals surface area contributed by atoms with Crippen molar-refractivity contribution in [3.8, 4) is 0 Å². The van der Waals surface area contributed by atoms with Crippen LogP contribution in [0.15, 0.2) is 0 Å². The van der Waals surface area contributed by atoms with E-state index in [1.165, 1.54) is 44.9 Å². The number of nitrogens with zero attached hydrogens (tertiary/aromatic N) is 1. The van der Waals surface area contributed by atoms with Crippen molar-refractivity contribution >= 4 is 34.2 Å². The average Bonchev–Trinajstić information content (AvgIpc) is 3.28. The second-order valence-electron chi connectivity index (χ2n) is 15.3. The first kappa shape index (κ1) is 42.8. The van der Waals surface area contributed by atoms with E-state index in [1.807, 2.05) is 0 Å². The monoisotopic (exact) mass is 727 g/mol. The lowest BCUT2D eigenvalue weighted by Crippen LogP contribution is -2.62. The molecular formula is C32H70NO9PSi3. The van der Waals surface area contributed by atoms with Crippen LogP contribution in [0, 0.1) is 0 Å². The Morgan fingerprint density at radius 3 is 1.63 bits per heavy atom. The summed E-state index contributed by atoms with van der Waals surface area (Å²) in [5, 5.41) is 0. The molecule has 2 fully saturated rings. The van der Waals surface area contributed by atoms with Crippen molar-refractivity contribution in [3.63, 3.8) is 0 Å². The van der Waals surface area contributed by atoms with Crippen LogP contribution >= 0.6 is 8.53 Å². The lowest BCUT2D eigenvalue weighted by atomic mass is 10.00. The van der Waals surface area contributed by atoms with Gasteiger partial charge in [0.15, 0.2) is 22.9 Å². The molecule has 1 heterocycles.